The van der Waals surface area contributed by atoms with Gasteiger partial charge in [0.15, 0.2) is 0 Å². The number of aromatic nitrogens is 2. The quantitative estimate of drug-likeness (QED) is 0.844. The molecule has 0 saturated heterocycles. The third-order valence-electron chi connectivity index (χ3n) is 2.44. The molecule has 1 heterocycles. The molecule has 1 aromatic carbocycles. The number of rotatable bonds is 3. The fourth-order valence-corrected chi connectivity index (χ4v) is 1.91. The Balaban J connectivity index is 2.29. The van der Waals surface area contributed by atoms with Crippen molar-refractivity contribution in [1.82, 2.24) is 9.97 Å². The maximum Gasteiger partial charge on any atom is 0.139 e. The zero-order valence-corrected chi connectivity index (χ0v) is 11.6. The van der Waals surface area contributed by atoms with E-state index in [2.05, 4.69) is 37.9 Å². The molecule has 5 heteroatoms. The smallest absolute Gasteiger partial charge is 0.139 e. The number of nitrogens with one attached hydrogen (secondary N) is 1. The first-order chi connectivity index (χ1) is 8.20. The summed E-state index contributed by atoms with van der Waals surface area (Å²) in [6.07, 6.45) is 2.28. The van der Waals surface area contributed by atoms with Crippen molar-refractivity contribution in [2.75, 3.05) is 11.1 Å². The molecule has 88 valence electrons. The van der Waals surface area contributed by atoms with E-state index in [1.54, 1.807) is 0 Å². The van der Waals surface area contributed by atoms with Gasteiger partial charge in [-0.25, -0.2) is 9.97 Å². The number of benzene rings is 1. The maximum absolute atomic E-state index is 5.82. The summed E-state index contributed by atoms with van der Waals surface area (Å²) in [5.74, 6) is 1.32. The highest BCUT2D eigenvalue weighted by Gasteiger charge is 2.06. The van der Waals surface area contributed by atoms with Crippen molar-refractivity contribution in [2.24, 2.45) is 0 Å². The molecule has 0 aliphatic heterocycles. The Labute approximate surface area is 114 Å². The number of hydrogen-bond donors (Lipinski definition) is 2. The highest BCUT2D eigenvalue weighted by molar-refractivity contribution is 14.1. The summed E-state index contributed by atoms with van der Waals surface area (Å²) < 4.78 is 1.20. The van der Waals surface area contributed by atoms with Crippen molar-refractivity contribution >= 4 is 39.9 Å². The first-order valence-corrected chi connectivity index (χ1v) is 6.40. The van der Waals surface area contributed by atoms with E-state index in [4.69, 9.17) is 5.73 Å². The van der Waals surface area contributed by atoms with E-state index in [-0.39, 0.29) is 0 Å². The van der Waals surface area contributed by atoms with Crippen molar-refractivity contribution < 1.29 is 0 Å². The van der Waals surface area contributed by atoms with Gasteiger partial charge in [0.05, 0.1) is 0 Å². The van der Waals surface area contributed by atoms with Gasteiger partial charge in [0.1, 0.15) is 18.0 Å². The minimum atomic E-state index is 0.538. The molecule has 17 heavy (non-hydrogen) atoms. The number of nitrogen functional groups attached to an aromatic ring is 1. The van der Waals surface area contributed by atoms with Gasteiger partial charge < -0.3 is 11.1 Å². The molecule has 0 spiro atoms. The Morgan fingerprint density at radius 1 is 1.24 bits per heavy atom. The van der Waals surface area contributed by atoms with Crippen LogP contribution in [-0.4, -0.2) is 9.97 Å². The summed E-state index contributed by atoms with van der Waals surface area (Å²) in [6, 6.07) is 8.11. The normalized spacial score (nSPS) is 10.2. The average molecular weight is 340 g/mol. The van der Waals surface area contributed by atoms with Gasteiger partial charge in [-0.3, -0.25) is 0 Å². The van der Waals surface area contributed by atoms with E-state index in [1.165, 1.54) is 9.90 Å². The van der Waals surface area contributed by atoms with Crippen LogP contribution in [0.15, 0.2) is 30.6 Å². The molecular formula is C12H13IN4. The molecule has 3 N–H and O–H groups in total. The Kier molecular flexibility index (Phi) is 3.78. The molecule has 0 bridgehead atoms. The van der Waals surface area contributed by atoms with Crippen LogP contribution in [0.25, 0.3) is 0 Å². The number of nitrogens with zero attached hydrogens (tertiary/aromatic N) is 2. The van der Waals surface area contributed by atoms with Crippen LogP contribution in [0.4, 0.5) is 17.3 Å². The highest BCUT2D eigenvalue weighted by Crippen LogP contribution is 2.22. The van der Waals surface area contributed by atoms with Gasteiger partial charge in [0.2, 0.25) is 0 Å². The largest absolute Gasteiger partial charge is 0.383 e. The van der Waals surface area contributed by atoms with E-state index in [1.807, 2.05) is 31.2 Å². The highest BCUT2D eigenvalue weighted by atomic mass is 127. The Hall–Kier alpha value is -1.37. The zero-order valence-electron chi connectivity index (χ0n) is 9.44. The summed E-state index contributed by atoms with van der Waals surface area (Å²) in [7, 11) is 0. The Bertz CT molecular complexity index is 510. The minimum absolute atomic E-state index is 0.538. The predicted octanol–water partition coefficient (Wildman–Crippen LogP) is 2.97. The van der Waals surface area contributed by atoms with Gasteiger partial charge in [-0.1, -0.05) is 6.92 Å². The average Bonchev–Trinajstić information content (AvgIpc) is 2.32. The lowest BCUT2D eigenvalue weighted by atomic mass is 10.2. The fraction of sp³-hybridized carbons (Fsp3) is 0.167. The molecule has 0 atom stereocenters. The van der Waals surface area contributed by atoms with Crippen LogP contribution >= 0.6 is 22.6 Å². The van der Waals surface area contributed by atoms with Gasteiger partial charge in [-0.2, -0.15) is 0 Å². The van der Waals surface area contributed by atoms with Crippen LogP contribution < -0.4 is 11.1 Å². The summed E-state index contributed by atoms with van der Waals surface area (Å²) in [5.41, 5.74) is 7.77. The lowest BCUT2D eigenvalue weighted by molar-refractivity contribution is 1.06. The second-order valence-corrected chi connectivity index (χ2v) is 4.82. The van der Waals surface area contributed by atoms with Crippen molar-refractivity contribution in [2.45, 2.75) is 13.3 Å². The van der Waals surface area contributed by atoms with E-state index >= 15 is 0 Å². The van der Waals surface area contributed by atoms with Crippen LogP contribution in [-0.2, 0) is 6.42 Å². The second-order valence-electron chi connectivity index (χ2n) is 3.57. The van der Waals surface area contributed by atoms with Gasteiger partial charge >= 0.3 is 0 Å². The third-order valence-corrected chi connectivity index (χ3v) is 3.16. The predicted molar refractivity (Wildman–Crippen MR) is 78.3 cm³/mol. The van der Waals surface area contributed by atoms with Crippen molar-refractivity contribution in [3.63, 3.8) is 0 Å². The van der Waals surface area contributed by atoms with Gasteiger partial charge in [-0.05, 0) is 53.3 Å². The standard InChI is InChI=1S/C12H13IN4/c1-2-10-11(14)15-7-16-12(10)17-9-5-3-8(13)4-6-9/h3-7H,2H2,1H3,(H3,14,15,16,17). The summed E-state index contributed by atoms with van der Waals surface area (Å²) in [5, 5.41) is 3.26. The van der Waals surface area contributed by atoms with Gasteiger partial charge in [0, 0.05) is 14.8 Å². The van der Waals surface area contributed by atoms with Crippen LogP contribution in [0.5, 0.6) is 0 Å². The summed E-state index contributed by atoms with van der Waals surface area (Å²) in [4.78, 5) is 8.22. The third kappa shape index (κ3) is 2.85. The molecule has 2 aromatic rings. The number of hydrogen-bond acceptors (Lipinski definition) is 4. The first-order valence-electron chi connectivity index (χ1n) is 5.32. The molecule has 0 aliphatic carbocycles. The van der Waals surface area contributed by atoms with Crippen LogP contribution in [0.3, 0.4) is 0 Å². The molecule has 1 aromatic heterocycles. The Morgan fingerprint density at radius 2 is 1.94 bits per heavy atom. The maximum atomic E-state index is 5.82. The second kappa shape index (κ2) is 5.31. The molecule has 0 radical (unpaired) electrons. The minimum Gasteiger partial charge on any atom is -0.383 e. The van der Waals surface area contributed by atoms with E-state index < -0.39 is 0 Å². The van der Waals surface area contributed by atoms with Crippen molar-refractivity contribution in [1.29, 1.82) is 0 Å². The molecular weight excluding hydrogens is 327 g/mol. The van der Waals surface area contributed by atoms with Gasteiger partial charge in [-0.15, -0.1) is 0 Å². The van der Waals surface area contributed by atoms with E-state index in [0.717, 1.165) is 23.5 Å². The van der Waals surface area contributed by atoms with E-state index in [0.29, 0.717) is 5.82 Å². The van der Waals surface area contributed by atoms with E-state index in [9.17, 15) is 0 Å². The molecule has 0 saturated carbocycles. The van der Waals surface area contributed by atoms with Gasteiger partial charge in [0.25, 0.3) is 0 Å². The number of nitrogens with two attached hydrogens (primary N) is 1. The molecule has 4 nitrogen and oxygen atoms in total. The lowest BCUT2D eigenvalue weighted by Crippen LogP contribution is -2.04. The number of halogens is 1. The molecule has 0 unspecified atom stereocenters. The fourth-order valence-electron chi connectivity index (χ4n) is 1.55. The molecule has 2 rings (SSSR count). The first kappa shape index (κ1) is 12.1. The monoisotopic (exact) mass is 340 g/mol. The zero-order chi connectivity index (χ0) is 12.3. The SMILES string of the molecule is CCc1c(N)ncnc1Nc1ccc(I)cc1. The van der Waals surface area contributed by atoms with Crippen molar-refractivity contribution in [3.05, 3.63) is 39.7 Å². The summed E-state index contributed by atoms with van der Waals surface area (Å²) in [6.45, 7) is 2.04. The molecule has 0 fully saturated rings. The lowest BCUT2D eigenvalue weighted by Gasteiger charge is -2.10. The molecule has 0 aliphatic rings. The number of anilines is 3. The van der Waals surface area contributed by atoms with Crippen molar-refractivity contribution in [3.8, 4) is 0 Å². The van der Waals surface area contributed by atoms with Crippen LogP contribution in [0.2, 0.25) is 0 Å². The topological polar surface area (TPSA) is 63.8 Å². The summed E-state index contributed by atoms with van der Waals surface area (Å²) >= 11 is 2.27. The van der Waals surface area contributed by atoms with Crippen LogP contribution in [0, 0.1) is 3.57 Å². The van der Waals surface area contributed by atoms with Crippen LogP contribution in [0.1, 0.15) is 12.5 Å². The molecule has 0 amide bonds. The Morgan fingerprint density at radius 3 is 2.59 bits per heavy atom.